The molecule has 110 valence electrons. The van der Waals surface area contributed by atoms with Crippen molar-refractivity contribution in [1.82, 2.24) is 4.98 Å². The average Bonchev–Trinajstić information content (AvgIpc) is 2.98. The number of nitrogens with one attached hydrogen (secondary N) is 1. The molecule has 0 fully saturated rings. The fourth-order valence-corrected chi connectivity index (χ4v) is 3.94. The second-order valence-corrected chi connectivity index (χ2v) is 8.09. The zero-order valence-corrected chi connectivity index (χ0v) is 13.1. The van der Waals surface area contributed by atoms with Crippen molar-refractivity contribution >= 4 is 32.2 Å². The summed E-state index contributed by atoms with van der Waals surface area (Å²) in [6.45, 7) is 0. The van der Waals surface area contributed by atoms with Crippen LogP contribution in [0.1, 0.15) is 27.3 Å². The van der Waals surface area contributed by atoms with E-state index in [2.05, 4.69) is 10.3 Å². The summed E-state index contributed by atoms with van der Waals surface area (Å²) >= 11 is 1.51. The van der Waals surface area contributed by atoms with Crippen molar-refractivity contribution in [2.24, 2.45) is 0 Å². The van der Waals surface area contributed by atoms with Gasteiger partial charge in [-0.25, -0.2) is 13.4 Å². The molecule has 3 rings (SSSR count). The second-order valence-electron chi connectivity index (χ2n) is 4.99. The minimum Gasteiger partial charge on any atom is -0.298 e. The molecule has 0 saturated carbocycles. The van der Waals surface area contributed by atoms with Crippen molar-refractivity contribution in [2.45, 2.75) is 24.2 Å². The Balaban J connectivity index is 1.75. The molecule has 1 N–H and O–H groups in total. The minimum absolute atomic E-state index is 0.201. The number of thiazole rings is 1. The van der Waals surface area contributed by atoms with Gasteiger partial charge in [0.15, 0.2) is 15.0 Å². The molecule has 1 aliphatic carbocycles. The molecule has 1 aliphatic rings. The number of amides is 1. The molecule has 0 spiro atoms. The summed E-state index contributed by atoms with van der Waals surface area (Å²) < 4.78 is 22.8. The molecule has 21 heavy (non-hydrogen) atoms. The molecule has 1 aromatic carbocycles. The van der Waals surface area contributed by atoms with Crippen molar-refractivity contribution in [3.8, 4) is 0 Å². The first-order valence-corrected chi connectivity index (χ1v) is 9.24. The van der Waals surface area contributed by atoms with Gasteiger partial charge in [-0.05, 0) is 43.5 Å². The Kier molecular flexibility index (Phi) is 3.54. The highest BCUT2D eigenvalue weighted by atomic mass is 32.2. The van der Waals surface area contributed by atoms with Crippen LogP contribution in [0.3, 0.4) is 0 Å². The first-order chi connectivity index (χ1) is 9.93. The van der Waals surface area contributed by atoms with Crippen molar-refractivity contribution in [2.75, 3.05) is 11.6 Å². The standard InChI is InChI=1S/C14H14N2O3S2/c1-21(18,19)10-7-5-9(6-8-10)13(17)16-14-15-11-3-2-4-12(11)20-14/h5-8H,2-4H2,1H3,(H,15,16,17). The monoisotopic (exact) mass is 322 g/mol. The van der Waals surface area contributed by atoms with E-state index in [1.54, 1.807) is 0 Å². The number of aryl methyl sites for hydroxylation is 2. The molecule has 0 aliphatic heterocycles. The van der Waals surface area contributed by atoms with Crippen LogP contribution < -0.4 is 5.32 Å². The van der Waals surface area contributed by atoms with Crippen molar-refractivity contribution in [3.63, 3.8) is 0 Å². The Morgan fingerprint density at radius 3 is 2.57 bits per heavy atom. The van der Waals surface area contributed by atoms with Crippen LogP contribution >= 0.6 is 11.3 Å². The van der Waals surface area contributed by atoms with Gasteiger partial charge in [0.2, 0.25) is 0 Å². The molecule has 1 amide bonds. The van der Waals surface area contributed by atoms with Gasteiger partial charge in [-0.3, -0.25) is 10.1 Å². The van der Waals surface area contributed by atoms with Gasteiger partial charge in [-0.1, -0.05) is 0 Å². The summed E-state index contributed by atoms with van der Waals surface area (Å²) in [5, 5.41) is 3.37. The van der Waals surface area contributed by atoms with Crippen LogP contribution in [0, 0.1) is 0 Å². The van der Waals surface area contributed by atoms with Crippen LogP contribution in [0.25, 0.3) is 0 Å². The molecule has 2 aromatic rings. The van der Waals surface area contributed by atoms with Gasteiger partial charge in [0.25, 0.3) is 5.91 Å². The molecule has 7 heteroatoms. The number of hydrogen-bond donors (Lipinski definition) is 1. The number of benzene rings is 1. The van der Waals surface area contributed by atoms with Crippen LogP contribution in [0.2, 0.25) is 0 Å². The Labute approximate surface area is 127 Å². The minimum atomic E-state index is -3.24. The van der Waals surface area contributed by atoms with Gasteiger partial charge in [0, 0.05) is 16.7 Å². The predicted molar refractivity (Wildman–Crippen MR) is 81.6 cm³/mol. The van der Waals surface area contributed by atoms with Crippen LogP contribution in [-0.2, 0) is 22.7 Å². The van der Waals surface area contributed by atoms with Gasteiger partial charge in [-0.2, -0.15) is 0 Å². The number of nitrogens with zero attached hydrogens (tertiary/aromatic N) is 1. The SMILES string of the molecule is CS(=O)(=O)c1ccc(C(=O)Nc2nc3c(s2)CCC3)cc1. The first-order valence-electron chi connectivity index (χ1n) is 6.53. The van der Waals surface area contributed by atoms with Crippen LogP contribution in [0.4, 0.5) is 5.13 Å². The molecule has 0 radical (unpaired) electrons. The maximum absolute atomic E-state index is 12.1. The zero-order chi connectivity index (χ0) is 15.0. The first kappa shape index (κ1) is 14.2. The number of carbonyl (C=O) groups excluding carboxylic acids is 1. The van der Waals surface area contributed by atoms with Crippen LogP contribution in [-0.4, -0.2) is 25.6 Å². The van der Waals surface area contributed by atoms with E-state index in [0.29, 0.717) is 10.7 Å². The lowest BCUT2D eigenvalue weighted by Crippen LogP contribution is -2.12. The summed E-state index contributed by atoms with van der Waals surface area (Å²) in [5.74, 6) is -0.275. The van der Waals surface area contributed by atoms with Gasteiger partial charge >= 0.3 is 0 Å². The number of rotatable bonds is 3. The van der Waals surface area contributed by atoms with Crippen molar-refractivity contribution in [1.29, 1.82) is 0 Å². The molecule has 0 bridgehead atoms. The molecule has 1 aromatic heterocycles. The molecule has 0 unspecified atom stereocenters. The normalized spacial score (nSPS) is 14.0. The van der Waals surface area contributed by atoms with Crippen molar-refractivity contribution < 1.29 is 13.2 Å². The number of hydrogen-bond acceptors (Lipinski definition) is 5. The summed E-state index contributed by atoms with van der Waals surface area (Å²) in [5.41, 5.74) is 1.50. The lowest BCUT2D eigenvalue weighted by atomic mass is 10.2. The maximum atomic E-state index is 12.1. The molecular formula is C14H14N2O3S2. The Bertz CT molecular complexity index is 771. The average molecular weight is 322 g/mol. The van der Waals surface area contributed by atoms with E-state index in [4.69, 9.17) is 0 Å². The van der Waals surface area contributed by atoms with E-state index in [1.807, 2.05) is 0 Å². The van der Waals surface area contributed by atoms with Gasteiger partial charge in [0.1, 0.15) is 0 Å². The van der Waals surface area contributed by atoms with Gasteiger partial charge in [-0.15, -0.1) is 11.3 Å². The van der Waals surface area contributed by atoms with E-state index >= 15 is 0 Å². The van der Waals surface area contributed by atoms with E-state index < -0.39 is 9.84 Å². The number of fused-ring (bicyclic) bond motifs is 1. The summed E-state index contributed by atoms with van der Waals surface area (Å²) in [7, 11) is -3.24. The summed E-state index contributed by atoms with van der Waals surface area (Å²) in [4.78, 5) is 18.0. The lowest BCUT2D eigenvalue weighted by molar-refractivity contribution is 0.102. The quantitative estimate of drug-likeness (QED) is 0.940. The largest absolute Gasteiger partial charge is 0.298 e. The zero-order valence-electron chi connectivity index (χ0n) is 11.4. The fraction of sp³-hybridized carbons (Fsp3) is 0.286. The molecular weight excluding hydrogens is 308 g/mol. The highest BCUT2D eigenvalue weighted by molar-refractivity contribution is 7.90. The fourth-order valence-electron chi connectivity index (χ4n) is 2.27. The maximum Gasteiger partial charge on any atom is 0.257 e. The number of aromatic nitrogens is 1. The lowest BCUT2D eigenvalue weighted by Gasteiger charge is -2.03. The Morgan fingerprint density at radius 1 is 1.24 bits per heavy atom. The second kappa shape index (κ2) is 5.23. The third kappa shape index (κ3) is 2.98. The highest BCUT2D eigenvalue weighted by Crippen LogP contribution is 2.30. The van der Waals surface area contributed by atoms with E-state index in [0.717, 1.165) is 31.2 Å². The summed E-state index contributed by atoms with van der Waals surface area (Å²) in [6.07, 6.45) is 4.28. The molecule has 0 saturated heterocycles. The van der Waals surface area contributed by atoms with Gasteiger partial charge < -0.3 is 0 Å². The molecule has 1 heterocycles. The van der Waals surface area contributed by atoms with Gasteiger partial charge in [0.05, 0.1) is 10.6 Å². The number of sulfone groups is 1. The molecule has 5 nitrogen and oxygen atoms in total. The Morgan fingerprint density at radius 2 is 1.95 bits per heavy atom. The highest BCUT2D eigenvalue weighted by Gasteiger charge is 2.18. The Hall–Kier alpha value is -1.73. The number of carbonyl (C=O) groups is 1. The predicted octanol–water partition coefficient (Wildman–Crippen LogP) is 2.29. The van der Waals surface area contributed by atoms with Crippen LogP contribution in [0.15, 0.2) is 29.2 Å². The van der Waals surface area contributed by atoms with E-state index in [1.165, 1.54) is 40.5 Å². The van der Waals surface area contributed by atoms with E-state index in [9.17, 15) is 13.2 Å². The summed E-state index contributed by atoms with van der Waals surface area (Å²) in [6, 6.07) is 5.89. The third-order valence-electron chi connectivity index (χ3n) is 3.36. The molecule has 0 atom stereocenters. The number of anilines is 1. The van der Waals surface area contributed by atoms with Crippen LogP contribution in [0.5, 0.6) is 0 Å². The third-order valence-corrected chi connectivity index (χ3v) is 5.56. The smallest absolute Gasteiger partial charge is 0.257 e. The topological polar surface area (TPSA) is 76.1 Å². The van der Waals surface area contributed by atoms with Crippen molar-refractivity contribution in [3.05, 3.63) is 40.4 Å². The van der Waals surface area contributed by atoms with E-state index in [-0.39, 0.29) is 10.8 Å².